The van der Waals surface area contributed by atoms with Gasteiger partial charge in [0.05, 0.1) is 0 Å². The zero-order valence-corrected chi connectivity index (χ0v) is 66.7. The second-order valence-electron chi connectivity index (χ2n) is 28.4. The van der Waals surface area contributed by atoms with E-state index >= 15 is 0 Å². The molecule has 0 aliphatic carbocycles. The second kappa shape index (κ2) is 35.9. The van der Waals surface area contributed by atoms with Gasteiger partial charge in [-0.3, -0.25) is 0 Å². The minimum atomic E-state index is -2.69. The molecule has 1 atom stereocenters. The van der Waals surface area contributed by atoms with Gasteiger partial charge in [-0.25, -0.2) is 27.4 Å². The number of pyridine rings is 6. The maximum atomic E-state index is 8.24. The molecule has 0 N–H and O–H groups in total. The van der Waals surface area contributed by atoms with Crippen molar-refractivity contribution < 1.29 is 43.9 Å². The molecule has 1 unspecified atom stereocenters. The summed E-state index contributed by atoms with van der Waals surface area (Å²) in [5, 5.41) is 0. The lowest BCUT2D eigenvalue weighted by molar-refractivity contribution is -0.660. The standard InChI is InChI=1S/C18H24N.C17H22N.2C16H20N.2C15H18N/c1-12(2)16-7-8-17(14(4)11-16)18-15(5)13(3)9-10-19(18)6;1-6-15-7-8-16(13(3)11-15)17-14(4)12(2)9-10-18(17)5;1-11-6-7-16(17(5)10-11)15-9-13(3)12(2)8-14(15)4;1-11-6-7-15(13(3)10-11)16-14(4)12(2)8-9-17(16)5;1-11-9-13(3)14(10-12(11)2)15-7-5-6-8-16(15)4;1-11-9-12(2)13(3)14(10-11)15-7-5-6-8-16(15)4/h7-12H,1-6H3;7-11H,6H2,1-5H3;2*6-10H,1-5H3;2*5-10H,1-4H3/q6*+1/i1D3,12D;1D3,6D2;;1D3;;. The number of rotatable bonds is 8. The van der Waals surface area contributed by atoms with E-state index in [0.29, 0.717) is 11.1 Å². The first-order valence-electron chi connectivity index (χ1n) is 41.6. The van der Waals surface area contributed by atoms with Gasteiger partial charge in [0.2, 0.25) is 34.2 Å². The van der Waals surface area contributed by atoms with Gasteiger partial charge >= 0.3 is 0 Å². The van der Waals surface area contributed by atoms with Gasteiger partial charge < -0.3 is 0 Å². The van der Waals surface area contributed by atoms with Crippen molar-refractivity contribution in [2.45, 2.75) is 171 Å². The van der Waals surface area contributed by atoms with Gasteiger partial charge in [-0.1, -0.05) is 86.4 Å². The van der Waals surface area contributed by atoms with Crippen molar-refractivity contribution in [3.63, 3.8) is 0 Å². The Bertz CT molecular complexity index is 5400. The summed E-state index contributed by atoms with van der Waals surface area (Å²) in [7, 11) is 12.3. The van der Waals surface area contributed by atoms with Crippen LogP contribution in [0.15, 0.2) is 195 Å². The summed E-state index contributed by atoms with van der Waals surface area (Å²) in [6.07, 6.45) is 10.0. The van der Waals surface area contributed by atoms with E-state index < -0.39 is 32.8 Å². The average Bonchev–Trinajstić information content (AvgIpc) is 0.777. The molecule has 0 saturated heterocycles. The molecule has 0 amide bonds. The van der Waals surface area contributed by atoms with Gasteiger partial charge in [0, 0.05) is 121 Å². The van der Waals surface area contributed by atoms with Crippen molar-refractivity contribution in [2.24, 2.45) is 42.3 Å². The van der Waals surface area contributed by atoms with Crippen LogP contribution in [0.25, 0.3) is 67.5 Å². The number of hydrogen-bond donors (Lipinski definition) is 0. The summed E-state index contributed by atoms with van der Waals surface area (Å²) in [6, 6.07) is 52.8. The Balaban J connectivity index is 0.000000192. The van der Waals surface area contributed by atoms with Crippen molar-refractivity contribution in [1.82, 2.24) is 0 Å². The fourth-order valence-electron chi connectivity index (χ4n) is 13.3. The van der Waals surface area contributed by atoms with E-state index in [2.05, 4.69) is 276 Å². The molecule has 0 fully saturated rings. The van der Waals surface area contributed by atoms with Crippen LogP contribution in [0.5, 0.6) is 0 Å². The zero-order valence-electron chi connectivity index (χ0n) is 78.7. The van der Waals surface area contributed by atoms with Crippen LogP contribution in [0.4, 0.5) is 0 Å². The molecule has 6 aromatic heterocycles. The van der Waals surface area contributed by atoms with E-state index in [1.807, 2.05) is 89.3 Å². The normalized spacial score (nSPS) is 13.5. The highest BCUT2D eigenvalue weighted by Gasteiger charge is 2.22. The summed E-state index contributed by atoms with van der Waals surface area (Å²) in [5.74, 6) is -1.61. The highest BCUT2D eigenvalue weighted by Crippen LogP contribution is 2.32. The first-order chi connectivity index (χ1) is 53.3. The van der Waals surface area contributed by atoms with Crippen molar-refractivity contribution >= 4 is 0 Å². The lowest BCUT2D eigenvalue weighted by Gasteiger charge is -2.12. The lowest BCUT2D eigenvalue weighted by atomic mass is 9.94. The number of aromatic nitrogens is 6. The van der Waals surface area contributed by atoms with Crippen molar-refractivity contribution in [3.05, 3.63) is 317 Å². The molecule has 534 valence electrons. The lowest BCUT2D eigenvalue weighted by Crippen LogP contribution is -2.32. The number of nitrogens with zero attached hydrogens (tertiary/aromatic N) is 6. The molecule has 12 rings (SSSR count). The first kappa shape index (κ1) is 64.1. The SMILES string of the molecule is Cc1cc(C)c(-c2cccc[n+]2C)cc1C.Cc1cc(C)c(C)c(-c2cccc[n+]2C)c1.Cc1ccc(-c2cc(C)c(C)cc2C)[n+](C)c1.[2H]C([2H])([2H])C([2H])(C)c1ccc(-c2c(C)c(C)cc[n+]2C)c(C)c1.[2H]C([2H])([2H])C([2H])([2H])c1ccc(-c2c(C)c(C)cc[n+]2C)c(C)c1.[2H]C([2H])([2H])c1ccc(-c2c(C)c(C)cc[n+]2C)c(C)c1. The molecule has 6 aromatic carbocycles. The summed E-state index contributed by atoms with van der Waals surface area (Å²) in [4.78, 5) is 0. The average molecular weight is 1380 g/mol. The van der Waals surface area contributed by atoms with Crippen molar-refractivity contribution in [3.8, 4) is 67.5 Å². The minimum absolute atomic E-state index is 0.187. The second-order valence-corrected chi connectivity index (χ2v) is 28.4. The van der Waals surface area contributed by atoms with Gasteiger partial charge in [-0.15, -0.1) is 0 Å². The van der Waals surface area contributed by atoms with Crippen molar-refractivity contribution in [1.29, 1.82) is 0 Å². The van der Waals surface area contributed by atoms with E-state index in [9.17, 15) is 0 Å². The Morgan fingerprint density at radius 3 is 1.15 bits per heavy atom. The molecule has 6 heteroatoms. The monoisotopic (exact) mass is 1380 g/mol. The fraction of sp³-hybridized carbons (Fsp3) is 0.320. The molecule has 0 aliphatic rings. The third-order valence-corrected chi connectivity index (χ3v) is 20.3. The summed E-state index contributed by atoms with van der Waals surface area (Å²) in [6.45, 7) is 34.3. The topological polar surface area (TPSA) is 23.3 Å². The number of benzene rings is 6. The van der Waals surface area contributed by atoms with Gasteiger partial charge in [0.25, 0.3) is 0 Å². The van der Waals surface area contributed by atoms with E-state index in [-0.39, 0.29) is 5.56 Å². The van der Waals surface area contributed by atoms with E-state index in [1.54, 1.807) is 30.3 Å². The Labute approximate surface area is 639 Å². The third-order valence-electron chi connectivity index (χ3n) is 20.3. The van der Waals surface area contributed by atoms with Gasteiger partial charge in [0.15, 0.2) is 37.2 Å². The van der Waals surface area contributed by atoms with E-state index in [4.69, 9.17) is 16.4 Å². The molecule has 6 nitrogen and oxygen atoms in total. The van der Waals surface area contributed by atoms with Gasteiger partial charge in [-0.2, -0.15) is 0 Å². The zero-order chi connectivity index (χ0) is 86.2. The molecule has 103 heavy (non-hydrogen) atoms. The molecular formula is C97H122N6+6. The Morgan fingerprint density at radius 1 is 0.311 bits per heavy atom. The minimum Gasteiger partial charge on any atom is -0.201 e. The summed E-state index contributed by atoms with van der Waals surface area (Å²) >= 11 is 0. The molecule has 0 spiro atoms. The van der Waals surface area contributed by atoms with E-state index in [1.165, 1.54) is 124 Å². The molecule has 0 radical (unpaired) electrons. The Hall–Kier alpha value is -9.78. The highest BCUT2D eigenvalue weighted by molar-refractivity contribution is 5.69. The molecule has 0 aliphatic heterocycles. The predicted octanol–water partition coefficient (Wildman–Crippen LogP) is 20.9. The Kier molecular flexibility index (Phi) is 22.3. The maximum Gasteiger partial charge on any atom is 0.215 e. The predicted molar refractivity (Wildman–Crippen MR) is 437 cm³/mol. The quantitative estimate of drug-likeness (QED) is 0.135. The van der Waals surface area contributed by atoms with Crippen LogP contribution >= 0.6 is 0 Å². The van der Waals surface area contributed by atoms with Crippen LogP contribution in [-0.4, -0.2) is 0 Å². The Morgan fingerprint density at radius 2 is 0.718 bits per heavy atom. The molecule has 12 aromatic rings. The summed E-state index contributed by atoms with van der Waals surface area (Å²) < 4.78 is 104. The maximum absolute atomic E-state index is 8.24. The molecule has 0 bridgehead atoms. The molecule has 6 heterocycles. The summed E-state index contributed by atoms with van der Waals surface area (Å²) in [5.41, 5.74) is 38.8. The largest absolute Gasteiger partial charge is 0.215 e. The van der Waals surface area contributed by atoms with Crippen LogP contribution in [0.2, 0.25) is 0 Å². The highest BCUT2D eigenvalue weighted by atomic mass is 14.9. The number of hydrogen-bond acceptors (Lipinski definition) is 0. The van der Waals surface area contributed by atoms with E-state index in [0.717, 1.165) is 56.0 Å². The number of aryl methyl sites for hydroxylation is 23. The first-order valence-corrected chi connectivity index (χ1v) is 35.6. The smallest absolute Gasteiger partial charge is 0.201 e. The van der Waals surface area contributed by atoms with Crippen LogP contribution in [-0.2, 0) is 48.7 Å². The van der Waals surface area contributed by atoms with Crippen LogP contribution < -0.4 is 27.4 Å². The molecular weight excluding hydrogens is 1250 g/mol. The van der Waals surface area contributed by atoms with Crippen LogP contribution in [0, 0.1) is 138 Å². The third kappa shape index (κ3) is 20.1. The van der Waals surface area contributed by atoms with Gasteiger partial charge in [0.1, 0.15) is 42.3 Å². The van der Waals surface area contributed by atoms with Crippen LogP contribution in [0.3, 0.4) is 0 Å². The van der Waals surface area contributed by atoms with Crippen molar-refractivity contribution in [2.75, 3.05) is 0 Å². The molecule has 0 saturated carbocycles. The van der Waals surface area contributed by atoms with Crippen LogP contribution in [0.1, 0.15) is 165 Å². The fourth-order valence-corrected chi connectivity index (χ4v) is 13.3. The van der Waals surface area contributed by atoms with Gasteiger partial charge in [-0.05, 0) is 294 Å².